The summed E-state index contributed by atoms with van der Waals surface area (Å²) >= 11 is 6.55. The van der Waals surface area contributed by atoms with E-state index in [4.69, 9.17) is 11.6 Å². The molecule has 4 rings (SSSR count). The van der Waals surface area contributed by atoms with Crippen LogP contribution < -0.4 is 15.9 Å². The first-order valence-corrected chi connectivity index (χ1v) is 14.2. The second-order valence-corrected chi connectivity index (χ2v) is 10.8. The van der Waals surface area contributed by atoms with Gasteiger partial charge < -0.3 is 19.9 Å². The van der Waals surface area contributed by atoms with Crippen molar-refractivity contribution in [1.29, 1.82) is 0 Å². The predicted octanol–water partition coefficient (Wildman–Crippen LogP) is 7.00. The van der Waals surface area contributed by atoms with Crippen molar-refractivity contribution in [3.8, 4) is 33.7 Å². The molecule has 0 bridgehead atoms. The van der Waals surface area contributed by atoms with Crippen LogP contribution in [0.3, 0.4) is 0 Å². The van der Waals surface area contributed by atoms with Gasteiger partial charge in [0.2, 0.25) is 0 Å². The predicted molar refractivity (Wildman–Crippen MR) is 163 cm³/mol. The van der Waals surface area contributed by atoms with Gasteiger partial charge in [-0.15, -0.1) is 0 Å². The highest BCUT2D eigenvalue weighted by atomic mass is 35.5. The number of aromatic nitrogens is 2. The van der Waals surface area contributed by atoms with Crippen molar-refractivity contribution in [2.75, 3.05) is 24.5 Å². The lowest BCUT2D eigenvalue weighted by Gasteiger charge is -2.25. The first-order valence-electron chi connectivity index (χ1n) is 13.8. The Morgan fingerprint density at radius 3 is 2.35 bits per heavy atom. The average Bonchev–Trinajstić information content (AvgIpc) is 3.26. The zero-order valence-corrected chi connectivity index (χ0v) is 24.4. The number of anilines is 1. The van der Waals surface area contributed by atoms with Crippen molar-refractivity contribution >= 4 is 17.3 Å². The van der Waals surface area contributed by atoms with E-state index in [1.165, 1.54) is 21.3 Å². The number of hydrogen-bond donors (Lipinski definition) is 2. The second kappa shape index (κ2) is 13.2. The normalized spacial score (nSPS) is 11.4. The van der Waals surface area contributed by atoms with E-state index < -0.39 is 5.82 Å². The molecule has 0 unspecified atom stereocenters. The molecule has 1 heterocycles. The summed E-state index contributed by atoms with van der Waals surface area (Å²) in [5.41, 5.74) is 3.35. The minimum Gasteiger partial charge on any atom is -0.507 e. The minimum absolute atomic E-state index is 0.0268. The number of hydrogen-bond acceptors (Lipinski definition) is 4. The van der Waals surface area contributed by atoms with Crippen molar-refractivity contribution in [3.63, 3.8) is 0 Å². The number of phenolic OH excluding ortho intramolecular Hbond substituents is 1. The van der Waals surface area contributed by atoms with Gasteiger partial charge in [0.15, 0.2) is 0 Å². The number of unbranched alkanes of at least 4 members (excludes halogenated alkanes) is 1. The van der Waals surface area contributed by atoms with Crippen LogP contribution >= 0.6 is 11.6 Å². The summed E-state index contributed by atoms with van der Waals surface area (Å²) in [6.07, 6.45) is 6.45. The molecular weight excluding hydrogens is 527 g/mol. The molecule has 0 saturated carbocycles. The smallest absolute Gasteiger partial charge is 0.332 e. The monoisotopic (exact) mass is 564 g/mol. The number of nitrogens with zero attached hydrogens (tertiary/aromatic N) is 3. The Labute approximate surface area is 240 Å². The van der Waals surface area contributed by atoms with Gasteiger partial charge in [0.25, 0.3) is 0 Å². The van der Waals surface area contributed by atoms with Crippen LogP contribution in [0.25, 0.3) is 27.9 Å². The van der Waals surface area contributed by atoms with Gasteiger partial charge in [-0.2, -0.15) is 0 Å². The molecule has 8 heteroatoms. The summed E-state index contributed by atoms with van der Waals surface area (Å²) in [4.78, 5) is 14.7. The maximum absolute atomic E-state index is 14.9. The Bertz CT molecular complexity index is 1510. The van der Waals surface area contributed by atoms with Gasteiger partial charge in [-0.05, 0) is 73.3 Å². The first kappa shape index (κ1) is 29.4. The van der Waals surface area contributed by atoms with E-state index in [9.17, 15) is 14.3 Å². The number of rotatable bonds is 12. The molecule has 2 N–H and O–H groups in total. The molecule has 1 aromatic heterocycles. The molecule has 0 amide bonds. The number of halogens is 2. The molecule has 0 radical (unpaired) electrons. The van der Waals surface area contributed by atoms with Crippen LogP contribution in [0.1, 0.15) is 40.0 Å². The highest BCUT2D eigenvalue weighted by Crippen LogP contribution is 2.41. The highest BCUT2D eigenvalue weighted by molar-refractivity contribution is 6.32. The number of aromatic hydroxyl groups is 1. The van der Waals surface area contributed by atoms with Crippen LogP contribution in [0.4, 0.5) is 10.1 Å². The molecule has 4 aromatic rings. The van der Waals surface area contributed by atoms with Crippen LogP contribution in [0.5, 0.6) is 5.75 Å². The molecule has 3 aromatic carbocycles. The summed E-state index contributed by atoms with van der Waals surface area (Å²) in [5.74, 6) is -0.489. The third kappa shape index (κ3) is 6.77. The van der Waals surface area contributed by atoms with Crippen LogP contribution in [-0.2, 0) is 7.05 Å². The number of aryl methyl sites for hydroxylation is 1. The van der Waals surface area contributed by atoms with Gasteiger partial charge in [-0.1, -0.05) is 50.6 Å². The molecule has 0 aliphatic heterocycles. The lowest BCUT2D eigenvalue weighted by molar-refractivity contribution is 0.477. The number of benzene rings is 3. The molecule has 40 heavy (non-hydrogen) atoms. The van der Waals surface area contributed by atoms with Crippen molar-refractivity contribution < 1.29 is 9.50 Å². The minimum atomic E-state index is -0.462. The quantitative estimate of drug-likeness (QED) is 0.182. The summed E-state index contributed by atoms with van der Waals surface area (Å²) < 4.78 is 17.8. The summed E-state index contributed by atoms with van der Waals surface area (Å²) in [6, 6.07) is 16.1. The average molecular weight is 565 g/mol. The van der Waals surface area contributed by atoms with Crippen molar-refractivity contribution in [2.45, 2.75) is 46.1 Å². The molecule has 0 atom stereocenters. The highest BCUT2D eigenvalue weighted by Gasteiger charge is 2.17. The lowest BCUT2D eigenvalue weighted by atomic mass is 9.96. The van der Waals surface area contributed by atoms with Crippen molar-refractivity contribution in [2.24, 2.45) is 7.05 Å². The van der Waals surface area contributed by atoms with Gasteiger partial charge >= 0.3 is 5.69 Å². The standard InChI is InChI=1S/C32H38ClFN4O2/c1-5-14-37(15-7-6-13-35-22(2)3)26-10-8-9-23(18-26)27-20-25(34)21-28(31(27)39)24-11-12-30(29(33)19-24)38-17-16-36(4)32(38)40/h8-12,16-22,35,39H,5-7,13-15H2,1-4H3. The molecular formula is C32H38ClFN4O2. The van der Waals surface area contributed by atoms with Crippen molar-refractivity contribution in [1.82, 2.24) is 14.5 Å². The molecule has 0 fully saturated rings. The topological polar surface area (TPSA) is 62.4 Å². The number of imidazole rings is 1. The summed E-state index contributed by atoms with van der Waals surface area (Å²) in [7, 11) is 1.66. The molecule has 6 nitrogen and oxygen atoms in total. The van der Waals surface area contributed by atoms with E-state index in [1.807, 2.05) is 18.2 Å². The number of phenols is 1. The molecule has 212 valence electrons. The second-order valence-electron chi connectivity index (χ2n) is 10.4. The fourth-order valence-electron chi connectivity index (χ4n) is 4.89. The largest absolute Gasteiger partial charge is 0.507 e. The Balaban J connectivity index is 1.63. The fraction of sp³-hybridized carbons (Fsp3) is 0.344. The van der Waals surface area contributed by atoms with Crippen LogP contribution in [0.2, 0.25) is 5.02 Å². The number of nitrogens with one attached hydrogen (secondary N) is 1. The van der Waals surface area contributed by atoms with Gasteiger partial charge in [0.05, 0.1) is 10.7 Å². The Morgan fingerprint density at radius 1 is 1.00 bits per heavy atom. The molecule has 0 aliphatic carbocycles. The van der Waals surface area contributed by atoms with Gasteiger partial charge in [-0.3, -0.25) is 4.57 Å². The Hall–Kier alpha value is -3.55. The lowest BCUT2D eigenvalue weighted by Crippen LogP contribution is -2.27. The van der Waals surface area contributed by atoms with Gasteiger partial charge in [-0.25, -0.2) is 9.18 Å². The third-order valence-corrected chi connectivity index (χ3v) is 7.27. The zero-order valence-electron chi connectivity index (χ0n) is 23.6. The van der Waals surface area contributed by atoms with E-state index in [0.717, 1.165) is 50.1 Å². The first-order chi connectivity index (χ1) is 19.2. The van der Waals surface area contributed by atoms with Crippen LogP contribution in [-0.4, -0.2) is 39.9 Å². The SMILES string of the molecule is CCCN(CCCCNC(C)C)c1cccc(-c2cc(F)cc(-c3ccc(-n4ccn(C)c4=O)c(Cl)c3)c2O)c1. The Kier molecular flexibility index (Phi) is 9.71. The van der Waals surface area contributed by atoms with Gasteiger partial charge in [0.1, 0.15) is 11.6 Å². The van der Waals surface area contributed by atoms with E-state index in [1.54, 1.807) is 37.6 Å². The molecule has 0 aliphatic rings. The van der Waals surface area contributed by atoms with Crippen molar-refractivity contribution in [3.05, 3.63) is 88.3 Å². The maximum Gasteiger partial charge on any atom is 0.332 e. The van der Waals surface area contributed by atoms with Gasteiger partial charge in [0, 0.05) is 55.4 Å². The maximum atomic E-state index is 14.9. The third-order valence-electron chi connectivity index (χ3n) is 6.96. The fourth-order valence-corrected chi connectivity index (χ4v) is 5.16. The van der Waals surface area contributed by atoms with E-state index in [0.29, 0.717) is 33.4 Å². The van der Waals surface area contributed by atoms with Crippen LogP contribution in [0, 0.1) is 5.82 Å². The summed E-state index contributed by atoms with van der Waals surface area (Å²) in [5, 5.41) is 15.1. The zero-order chi connectivity index (χ0) is 28.8. The molecule has 0 spiro atoms. The summed E-state index contributed by atoms with van der Waals surface area (Å²) in [6.45, 7) is 9.29. The van der Waals surface area contributed by atoms with E-state index in [2.05, 4.69) is 37.1 Å². The Morgan fingerprint density at radius 2 is 1.73 bits per heavy atom. The van der Waals surface area contributed by atoms with E-state index >= 15 is 0 Å². The van der Waals surface area contributed by atoms with E-state index in [-0.39, 0.29) is 11.4 Å². The molecule has 0 saturated heterocycles. The van der Waals surface area contributed by atoms with Crippen LogP contribution in [0.15, 0.2) is 71.8 Å².